The highest BCUT2D eigenvalue weighted by atomic mass is 32.1. The average molecular weight is 422 g/mol. The van der Waals surface area contributed by atoms with Crippen LogP contribution in [0.5, 0.6) is 0 Å². The van der Waals surface area contributed by atoms with Gasteiger partial charge in [0.1, 0.15) is 0 Å². The Hall–Kier alpha value is -2.77. The first-order valence-electron chi connectivity index (χ1n) is 10.1. The molecule has 1 aliphatic heterocycles. The van der Waals surface area contributed by atoms with Crippen molar-refractivity contribution in [2.24, 2.45) is 0 Å². The second-order valence-electron chi connectivity index (χ2n) is 7.59. The van der Waals surface area contributed by atoms with Crippen molar-refractivity contribution in [1.29, 1.82) is 0 Å². The number of nitrogens with zero attached hydrogens (tertiary/aromatic N) is 4. The monoisotopic (exact) mass is 421 g/mol. The molecular weight excluding hydrogens is 394 g/mol. The first-order valence-corrected chi connectivity index (χ1v) is 10.5. The largest absolute Gasteiger partial charge is 0.383 e. The van der Waals surface area contributed by atoms with E-state index in [0.29, 0.717) is 13.2 Å². The zero-order chi connectivity index (χ0) is 21.1. The summed E-state index contributed by atoms with van der Waals surface area (Å²) in [6, 6.07) is 12.4. The molecular formula is C23H27N5OS. The van der Waals surface area contributed by atoms with Crippen molar-refractivity contribution < 1.29 is 4.74 Å². The minimum atomic E-state index is -0.0215. The molecule has 1 aliphatic rings. The summed E-state index contributed by atoms with van der Waals surface area (Å²) >= 11 is 5.79. The SMILES string of the molecule is COCCn1c(C)cc([C@H]2[C@H](c3ccccn3)NC(=S)N2Cc2cccnc2)c1C. The summed E-state index contributed by atoms with van der Waals surface area (Å²) in [7, 11) is 1.74. The molecule has 3 aromatic heterocycles. The lowest BCUT2D eigenvalue weighted by Crippen LogP contribution is -2.29. The highest BCUT2D eigenvalue weighted by Gasteiger charge is 2.41. The van der Waals surface area contributed by atoms with Gasteiger partial charge in [0.05, 0.1) is 24.4 Å². The summed E-state index contributed by atoms with van der Waals surface area (Å²) < 4.78 is 7.63. The first kappa shape index (κ1) is 20.5. The average Bonchev–Trinajstić information content (AvgIpc) is 3.23. The predicted octanol–water partition coefficient (Wildman–Crippen LogP) is 3.71. The molecule has 1 fully saturated rings. The van der Waals surface area contributed by atoms with Gasteiger partial charge in [0.15, 0.2) is 5.11 Å². The number of rotatable bonds is 7. The molecule has 0 aromatic carbocycles. The molecule has 30 heavy (non-hydrogen) atoms. The quantitative estimate of drug-likeness (QED) is 0.587. The molecule has 6 nitrogen and oxygen atoms in total. The van der Waals surface area contributed by atoms with Crippen LogP contribution in [0.4, 0.5) is 0 Å². The van der Waals surface area contributed by atoms with Crippen LogP contribution in [0.2, 0.25) is 0 Å². The second kappa shape index (κ2) is 8.93. The van der Waals surface area contributed by atoms with Crippen molar-refractivity contribution in [2.45, 2.75) is 39.0 Å². The van der Waals surface area contributed by atoms with E-state index in [9.17, 15) is 0 Å². The van der Waals surface area contributed by atoms with Crippen LogP contribution >= 0.6 is 12.2 Å². The number of hydrogen-bond donors (Lipinski definition) is 1. The van der Waals surface area contributed by atoms with E-state index in [1.807, 2.05) is 30.6 Å². The van der Waals surface area contributed by atoms with Crippen molar-refractivity contribution in [2.75, 3.05) is 13.7 Å². The van der Waals surface area contributed by atoms with Gasteiger partial charge in [-0.1, -0.05) is 12.1 Å². The minimum Gasteiger partial charge on any atom is -0.383 e. The summed E-state index contributed by atoms with van der Waals surface area (Å²) in [6.45, 7) is 6.52. The third-order valence-electron chi connectivity index (χ3n) is 5.72. The topological polar surface area (TPSA) is 55.2 Å². The first-order chi connectivity index (χ1) is 14.6. The molecule has 0 unspecified atom stereocenters. The third kappa shape index (κ3) is 3.95. The maximum atomic E-state index is 5.79. The fourth-order valence-corrected chi connectivity index (χ4v) is 4.56. The predicted molar refractivity (Wildman–Crippen MR) is 121 cm³/mol. The summed E-state index contributed by atoms with van der Waals surface area (Å²) in [4.78, 5) is 11.2. The van der Waals surface area contributed by atoms with Gasteiger partial charge in [0, 0.05) is 50.2 Å². The van der Waals surface area contributed by atoms with Gasteiger partial charge < -0.3 is 19.5 Å². The molecule has 7 heteroatoms. The van der Waals surface area contributed by atoms with Gasteiger partial charge in [-0.2, -0.15) is 0 Å². The van der Waals surface area contributed by atoms with Crippen LogP contribution in [0.1, 0.15) is 40.3 Å². The Kier molecular flexibility index (Phi) is 6.11. The highest BCUT2D eigenvalue weighted by molar-refractivity contribution is 7.80. The van der Waals surface area contributed by atoms with Crippen molar-refractivity contribution in [3.8, 4) is 0 Å². The molecule has 0 saturated carbocycles. The number of methoxy groups -OCH3 is 1. The number of ether oxygens (including phenoxy) is 1. The van der Waals surface area contributed by atoms with Crippen molar-refractivity contribution >= 4 is 17.3 Å². The lowest BCUT2D eigenvalue weighted by molar-refractivity contribution is 0.186. The minimum absolute atomic E-state index is 0.0215. The van der Waals surface area contributed by atoms with Gasteiger partial charge >= 0.3 is 0 Å². The van der Waals surface area contributed by atoms with Crippen molar-refractivity contribution in [1.82, 2.24) is 24.8 Å². The van der Waals surface area contributed by atoms with Gasteiger partial charge in [-0.25, -0.2) is 0 Å². The van der Waals surface area contributed by atoms with E-state index < -0.39 is 0 Å². The Morgan fingerprint density at radius 1 is 1.17 bits per heavy atom. The van der Waals surface area contributed by atoms with E-state index in [4.69, 9.17) is 17.0 Å². The van der Waals surface area contributed by atoms with Crippen LogP contribution in [-0.4, -0.2) is 38.3 Å². The molecule has 0 radical (unpaired) electrons. The van der Waals surface area contributed by atoms with Crippen LogP contribution in [-0.2, 0) is 17.8 Å². The summed E-state index contributed by atoms with van der Waals surface area (Å²) in [6.07, 6.45) is 5.53. The van der Waals surface area contributed by atoms with Crippen LogP contribution in [0.25, 0.3) is 0 Å². The van der Waals surface area contributed by atoms with E-state index in [0.717, 1.165) is 22.9 Å². The van der Waals surface area contributed by atoms with Crippen LogP contribution in [0, 0.1) is 13.8 Å². The fourth-order valence-electron chi connectivity index (χ4n) is 4.26. The van der Waals surface area contributed by atoms with E-state index in [-0.39, 0.29) is 12.1 Å². The number of aryl methyl sites for hydroxylation is 1. The number of nitrogens with one attached hydrogen (secondary N) is 1. The third-order valence-corrected chi connectivity index (χ3v) is 6.08. The lowest BCUT2D eigenvalue weighted by atomic mass is 9.96. The Morgan fingerprint density at radius 2 is 2.03 bits per heavy atom. The normalized spacial score (nSPS) is 18.6. The van der Waals surface area contributed by atoms with Gasteiger partial charge in [-0.05, 0) is 61.5 Å². The smallest absolute Gasteiger partial charge is 0.170 e. The van der Waals surface area contributed by atoms with E-state index >= 15 is 0 Å². The van der Waals surface area contributed by atoms with Gasteiger partial charge in [0.25, 0.3) is 0 Å². The Labute approximate surface area is 182 Å². The molecule has 1 N–H and O–H groups in total. The molecule has 3 aromatic rings. The van der Waals surface area contributed by atoms with Gasteiger partial charge in [-0.3, -0.25) is 9.97 Å². The number of pyridine rings is 2. The summed E-state index contributed by atoms with van der Waals surface area (Å²) in [5.41, 5.74) is 5.83. The maximum absolute atomic E-state index is 5.79. The van der Waals surface area contributed by atoms with Gasteiger partial charge in [-0.15, -0.1) is 0 Å². The molecule has 0 amide bonds. The molecule has 4 heterocycles. The molecule has 0 spiro atoms. The van der Waals surface area contributed by atoms with Crippen molar-refractivity contribution in [3.05, 3.63) is 83.2 Å². The molecule has 0 aliphatic carbocycles. The summed E-state index contributed by atoms with van der Waals surface area (Å²) in [5.74, 6) is 0. The molecule has 1 saturated heterocycles. The lowest BCUT2D eigenvalue weighted by Gasteiger charge is -2.28. The maximum Gasteiger partial charge on any atom is 0.170 e. The molecule has 0 bridgehead atoms. The highest BCUT2D eigenvalue weighted by Crippen LogP contribution is 2.41. The van der Waals surface area contributed by atoms with Crippen molar-refractivity contribution in [3.63, 3.8) is 0 Å². The number of hydrogen-bond acceptors (Lipinski definition) is 4. The Bertz CT molecular complexity index is 1010. The van der Waals surface area contributed by atoms with Crippen LogP contribution in [0.3, 0.4) is 0 Å². The molecule has 156 valence electrons. The van der Waals surface area contributed by atoms with E-state index in [1.54, 1.807) is 13.3 Å². The standard InChI is InChI=1S/C23H27N5OS/c1-16-13-19(17(2)27(16)11-12-29-3)22-21(20-8-4-5-10-25-20)26-23(30)28(22)15-18-7-6-9-24-14-18/h4-10,13-14,21-22H,11-12,15H2,1-3H3,(H,26,30)/t21-,22-/m0/s1. The Balaban J connectivity index is 1.76. The fraction of sp³-hybridized carbons (Fsp3) is 0.348. The molecule has 2 atom stereocenters. The number of aromatic nitrogens is 3. The zero-order valence-corrected chi connectivity index (χ0v) is 18.4. The second-order valence-corrected chi connectivity index (χ2v) is 7.97. The number of thiocarbonyl (C=S) groups is 1. The van der Waals surface area contributed by atoms with Crippen LogP contribution in [0.15, 0.2) is 55.0 Å². The van der Waals surface area contributed by atoms with E-state index in [2.05, 4.69) is 56.8 Å². The van der Waals surface area contributed by atoms with Gasteiger partial charge in [0.2, 0.25) is 0 Å². The van der Waals surface area contributed by atoms with E-state index in [1.165, 1.54) is 17.0 Å². The zero-order valence-electron chi connectivity index (χ0n) is 17.6. The Morgan fingerprint density at radius 3 is 2.73 bits per heavy atom. The molecule has 4 rings (SSSR count). The van der Waals surface area contributed by atoms with Crippen LogP contribution < -0.4 is 5.32 Å². The summed E-state index contributed by atoms with van der Waals surface area (Å²) in [5, 5.41) is 4.27.